The number of unbranched alkanes of at least 4 members (excludes halogenated alkanes) is 1. The van der Waals surface area contributed by atoms with Crippen LogP contribution in [0, 0.1) is 0 Å². The zero-order valence-corrected chi connectivity index (χ0v) is 13.9. The lowest BCUT2D eigenvalue weighted by atomic mass is 10.3. The van der Waals surface area contributed by atoms with Crippen molar-refractivity contribution in [2.24, 2.45) is 0 Å². The number of rotatable bonds is 6. The van der Waals surface area contributed by atoms with Crippen LogP contribution in [0.1, 0.15) is 26.7 Å². The van der Waals surface area contributed by atoms with E-state index in [0.717, 1.165) is 12.8 Å². The SMILES string of the molecule is CCCCN(CC(=O)N1CCN(c2ncccn2)CC1)C(C)=O. The van der Waals surface area contributed by atoms with E-state index in [1.54, 1.807) is 23.4 Å². The first-order chi connectivity index (χ1) is 11.1. The Bertz CT molecular complexity index is 514. The van der Waals surface area contributed by atoms with E-state index < -0.39 is 0 Å². The molecule has 0 spiro atoms. The Morgan fingerprint density at radius 1 is 1.17 bits per heavy atom. The van der Waals surface area contributed by atoms with Crippen molar-refractivity contribution in [1.29, 1.82) is 0 Å². The Morgan fingerprint density at radius 3 is 2.39 bits per heavy atom. The summed E-state index contributed by atoms with van der Waals surface area (Å²) in [4.78, 5) is 38.0. The largest absolute Gasteiger partial charge is 0.338 e. The molecule has 0 atom stereocenters. The maximum absolute atomic E-state index is 12.4. The molecule has 1 aromatic rings. The second kappa shape index (κ2) is 8.45. The van der Waals surface area contributed by atoms with Gasteiger partial charge in [0.15, 0.2) is 0 Å². The molecule has 1 aliphatic heterocycles. The van der Waals surface area contributed by atoms with Crippen molar-refractivity contribution in [3.8, 4) is 0 Å². The molecule has 0 unspecified atom stereocenters. The number of aromatic nitrogens is 2. The fraction of sp³-hybridized carbons (Fsp3) is 0.625. The van der Waals surface area contributed by atoms with Gasteiger partial charge in [0, 0.05) is 52.0 Å². The number of hydrogen-bond donors (Lipinski definition) is 0. The number of anilines is 1. The third-order valence-corrected chi connectivity index (χ3v) is 4.02. The molecule has 1 aliphatic rings. The smallest absolute Gasteiger partial charge is 0.242 e. The van der Waals surface area contributed by atoms with Crippen molar-refractivity contribution in [1.82, 2.24) is 19.8 Å². The molecular formula is C16H25N5O2. The van der Waals surface area contributed by atoms with Crippen LogP contribution in [-0.2, 0) is 9.59 Å². The van der Waals surface area contributed by atoms with Gasteiger partial charge in [0.05, 0.1) is 6.54 Å². The summed E-state index contributed by atoms with van der Waals surface area (Å²) in [7, 11) is 0. The topological polar surface area (TPSA) is 69.6 Å². The number of nitrogens with zero attached hydrogens (tertiary/aromatic N) is 5. The molecule has 1 aromatic heterocycles. The molecule has 7 nitrogen and oxygen atoms in total. The average Bonchev–Trinajstić information content (AvgIpc) is 2.59. The Kier molecular flexibility index (Phi) is 6.31. The van der Waals surface area contributed by atoms with Crippen LogP contribution in [0.4, 0.5) is 5.95 Å². The lowest BCUT2D eigenvalue weighted by Gasteiger charge is -2.35. The quantitative estimate of drug-likeness (QED) is 0.775. The van der Waals surface area contributed by atoms with Crippen molar-refractivity contribution >= 4 is 17.8 Å². The summed E-state index contributed by atoms with van der Waals surface area (Å²) in [6, 6.07) is 1.79. The summed E-state index contributed by atoms with van der Waals surface area (Å²) in [5, 5.41) is 0. The van der Waals surface area contributed by atoms with Crippen LogP contribution in [0.3, 0.4) is 0 Å². The summed E-state index contributed by atoms with van der Waals surface area (Å²) >= 11 is 0. The van der Waals surface area contributed by atoms with Crippen LogP contribution < -0.4 is 4.90 Å². The van der Waals surface area contributed by atoms with E-state index in [1.165, 1.54) is 6.92 Å². The van der Waals surface area contributed by atoms with Crippen molar-refractivity contribution in [3.05, 3.63) is 18.5 Å². The molecule has 0 aliphatic carbocycles. The fourth-order valence-corrected chi connectivity index (χ4v) is 2.57. The molecule has 0 bridgehead atoms. The summed E-state index contributed by atoms with van der Waals surface area (Å²) in [5.41, 5.74) is 0. The molecule has 126 valence electrons. The molecule has 1 fully saturated rings. The van der Waals surface area contributed by atoms with Crippen molar-refractivity contribution in [2.45, 2.75) is 26.7 Å². The van der Waals surface area contributed by atoms with Gasteiger partial charge < -0.3 is 14.7 Å². The Morgan fingerprint density at radius 2 is 1.83 bits per heavy atom. The Balaban J connectivity index is 1.84. The maximum Gasteiger partial charge on any atom is 0.242 e. The number of carbonyl (C=O) groups is 2. The highest BCUT2D eigenvalue weighted by Crippen LogP contribution is 2.10. The van der Waals surface area contributed by atoms with E-state index in [0.29, 0.717) is 38.7 Å². The number of hydrogen-bond acceptors (Lipinski definition) is 5. The van der Waals surface area contributed by atoms with Crippen LogP contribution >= 0.6 is 0 Å². The lowest BCUT2D eigenvalue weighted by molar-refractivity contribution is -0.139. The highest BCUT2D eigenvalue weighted by molar-refractivity contribution is 5.84. The van der Waals surface area contributed by atoms with E-state index in [2.05, 4.69) is 21.8 Å². The maximum atomic E-state index is 12.4. The van der Waals surface area contributed by atoms with Crippen LogP contribution in [-0.4, -0.2) is 70.9 Å². The van der Waals surface area contributed by atoms with Crippen molar-refractivity contribution in [3.63, 3.8) is 0 Å². The van der Waals surface area contributed by atoms with Crippen LogP contribution in [0.15, 0.2) is 18.5 Å². The third-order valence-electron chi connectivity index (χ3n) is 4.02. The zero-order valence-electron chi connectivity index (χ0n) is 13.9. The minimum Gasteiger partial charge on any atom is -0.338 e. The molecule has 2 heterocycles. The van der Waals surface area contributed by atoms with Gasteiger partial charge in [-0.25, -0.2) is 9.97 Å². The van der Waals surface area contributed by atoms with Gasteiger partial charge in [-0.3, -0.25) is 9.59 Å². The highest BCUT2D eigenvalue weighted by Gasteiger charge is 2.24. The summed E-state index contributed by atoms with van der Waals surface area (Å²) < 4.78 is 0. The average molecular weight is 319 g/mol. The van der Waals surface area contributed by atoms with Crippen LogP contribution in [0.5, 0.6) is 0 Å². The zero-order chi connectivity index (χ0) is 16.7. The molecular weight excluding hydrogens is 294 g/mol. The molecule has 1 saturated heterocycles. The van der Waals surface area contributed by atoms with E-state index in [-0.39, 0.29) is 18.4 Å². The van der Waals surface area contributed by atoms with Gasteiger partial charge in [0.1, 0.15) is 0 Å². The monoisotopic (exact) mass is 319 g/mol. The lowest BCUT2D eigenvalue weighted by Crippen LogP contribution is -2.52. The van der Waals surface area contributed by atoms with E-state index in [9.17, 15) is 9.59 Å². The van der Waals surface area contributed by atoms with Gasteiger partial charge in [-0.05, 0) is 12.5 Å². The summed E-state index contributed by atoms with van der Waals surface area (Å²) in [5.74, 6) is 0.681. The van der Waals surface area contributed by atoms with E-state index in [1.807, 2.05) is 4.90 Å². The Labute approximate surface area is 137 Å². The Hall–Kier alpha value is -2.18. The van der Waals surface area contributed by atoms with Gasteiger partial charge in [0.2, 0.25) is 17.8 Å². The summed E-state index contributed by atoms with van der Waals surface area (Å²) in [6.07, 6.45) is 5.37. The van der Waals surface area contributed by atoms with E-state index in [4.69, 9.17) is 0 Å². The minimum atomic E-state index is -0.0388. The number of piperazine rings is 1. The molecule has 23 heavy (non-hydrogen) atoms. The predicted molar refractivity (Wildman–Crippen MR) is 88.0 cm³/mol. The highest BCUT2D eigenvalue weighted by atomic mass is 16.2. The predicted octanol–water partition coefficient (Wildman–Crippen LogP) is 0.774. The fourth-order valence-electron chi connectivity index (χ4n) is 2.57. The minimum absolute atomic E-state index is 0.0185. The first-order valence-corrected chi connectivity index (χ1v) is 8.17. The second-order valence-electron chi connectivity index (χ2n) is 5.71. The van der Waals surface area contributed by atoms with Crippen molar-refractivity contribution < 1.29 is 9.59 Å². The van der Waals surface area contributed by atoms with Crippen LogP contribution in [0.2, 0.25) is 0 Å². The van der Waals surface area contributed by atoms with Gasteiger partial charge in [0.25, 0.3) is 0 Å². The molecule has 0 N–H and O–H groups in total. The molecule has 0 radical (unpaired) electrons. The molecule has 0 aromatic carbocycles. The number of carbonyl (C=O) groups excluding carboxylic acids is 2. The van der Waals surface area contributed by atoms with Crippen LogP contribution in [0.25, 0.3) is 0 Å². The summed E-state index contributed by atoms with van der Waals surface area (Å²) in [6.45, 7) is 7.12. The molecule has 0 saturated carbocycles. The van der Waals surface area contributed by atoms with Gasteiger partial charge in [-0.15, -0.1) is 0 Å². The van der Waals surface area contributed by atoms with Gasteiger partial charge in [-0.2, -0.15) is 0 Å². The molecule has 7 heteroatoms. The molecule has 2 rings (SSSR count). The normalized spacial score (nSPS) is 14.7. The second-order valence-corrected chi connectivity index (χ2v) is 5.71. The standard InChI is InChI=1S/C16H25N5O2/c1-3-4-8-21(14(2)22)13-15(23)19-9-11-20(12-10-19)16-17-6-5-7-18-16/h5-7H,3-4,8-13H2,1-2H3. The number of amides is 2. The first-order valence-electron chi connectivity index (χ1n) is 8.17. The van der Waals surface area contributed by atoms with Crippen molar-refractivity contribution in [2.75, 3.05) is 44.2 Å². The van der Waals surface area contributed by atoms with Gasteiger partial charge >= 0.3 is 0 Å². The van der Waals surface area contributed by atoms with E-state index >= 15 is 0 Å². The molecule has 2 amide bonds. The first kappa shape index (κ1) is 17.2. The third kappa shape index (κ3) is 4.91. The van der Waals surface area contributed by atoms with Gasteiger partial charge in [-0.1, -0.05) is 13.3 Å².